The second-order valence-electron chi connectivity index (χ2n) is 4.99. The minimum atomic E-state index is -0.597. The molecule has 0 aliphatic heterocycles. The topological polar surface area (TPSA) is 93.5 Å². The maximum atomic E-state index is 13.0. The fourth-order valence-electron chi connectivity index (χ4n) is 2.05. The van der Waals surface area contributed by atoms with Crippen LogP contribution in [0.3, 0.4) is 0 Å². The highest BCUT2D eigenvalue weighted by molar-refractivity contribution is 6.33. The van der Waals surface area contributed by atoms with Crippen molar-refractivity contribution in [1.82, 2.24) is 0 Å². The van der Waals surface area contributed by atoms with Crippen LogP contribution >= 0.6 is 11.6 Å². The second-order valence-corrected chi connectivity index (χ2v) is 5.39. The summed E-state index contributed by atoms with van der Waals surface area (Å²) in [6, 6.07) is 7.55. The van der Waals surface area contributed by atoms with Gasteiger partial charge in [-0.1, -0.05) is 11.6 Å². The van der Waals surface area contributed by atoms with E-state index in [0.29, 0.717) is 13.2 Å². The van der Waals surface area contributed by atoms with Gasteiger partial charge in [-0.25, -0.2) is 4.39 Å². The van der Waals surface area contributed by atoms with E-state index in [2.05, 4.69) is 10.6 Å². The van der Waals surface area contributed by atoms with Crippen molar-refractivity contribution >= 4 is 34.6 Å². The van der Waals surface area contributed by atoms with E-state index in [-0.39, 0.29) is 27.6 Å². The molecule has 0 radical (unpaired) electrons. The van der Waals surface area contributed by atoms with Gasteiger partial charge in [0, 0.05) is 25.3 Å². The van der Waals surface area contributed by atoms with Crippen molar-refractivity contribution in [2.45, 2.75) is 0 Å². The zero-order chi connectivity index (χ0) is 18.4. The number of hydrogen-bond donors (Lipinski definition) is 2. The number of benzene rings is 2. The van der Waals surface area contributed by atoms with Gasteiger partial charge in [0.15, 0.2) is 0 Å². The van der Waals surface area contributed by atoms with Crippen molar-refractivity contribution in [3.8, 4) is 0 Å². The molecule has 2 N–H and O–H groups in total. The molecule has 0 bridgehead atoms. The van der Waals surface area contributed by atoms with Gasteiger partial charge in [0.2, 0.25) is 0 Å². The van der Waals surface area contributed by atoms with Crippen LogP contribution in [0.2, 0.25) is 5.02 Å². The van der Waals surface area contributed by atoms with Crippen molar-refractivity contribution in [3.05, 3.63) is 62.9 Å². The molecular weight excluding hydrogens is 353 g/mol. The fourth-order valence-corrected chi connectivity index (χ4v) is 2.26. The van der Waals surface area contributed by atoms with Crippen LogP contribution in [0, 0.1) is 15.9 Å². The molecule has 9 heteroatoms. The van der Waals surface area contributed by atoms with E-state index in [1.165, 1.54) is 25.3 Å². The molecule has 7 nitrogen and oxygen atoms in total. The van der Waals surface area contributed by atoms with Gasteiger partial charge < -0.3 is 15.4 Å². The molecule has 0 spiro atoms. The molecule has 0 fully saturated rings. The molecule has 2 aromatic rings. The normalized spacial score (nSPS) is 10.4. The molecule has 2 rings (SSSR count). The number of ether oxygens (including phenoxy) is 1. The Labute approximate surface area is 147 Å². The Balaban J connectivity index is 2.21. The van der Waals surface area contributed by atoms with Gasteiger partial charge in [0.25, 0.3) is 11.6 Å². The van der Waals surface area contributed by atoms with Crippen LogP contribution in [0.4, 0.5) is 21.5 Å². The highest BCUT2D eigenvalue weighted by Gasteiger charge is 2.18. The third-order valence-corrected chi connectivity index (χ3v) is 3.57. The van der Waals surface area contributed by atoms with E-state index in [1.54, 1.807) is 0 Å². The van der Waals surface area contributed by atoms with E-state index in [9.17, 15) is 19.3 Å². The molecule has 0 aliphatic rings. The lowest BCUT2D eigenvalue weighted by Crippen LogP contribution is -2.14. The Morgan fingerprint density at radius 3 is 2.64 bits per heavy atom. The Hall–Kier alpha value is -2.71. The van der Waals surface area contributed by atoms with Crippen LogP contribution in [-0.2, 0) is 4.74 Å². The Kier molecular flexibility index (Phi) is 6.26. The van der Waals surface area contributed by atoms with Crippen LogP contribution in [0.15, 0.2) is 36.4 Å². The van der Waals surface area contributed by atoms with Crippen LogP contribution in [0.25, 0.3) is 0 Å². The maximum Gasteiger partial charge on any atom is 0.293 e. The van der Waals surface area contributed by atoms with E-state index in [4.69, 9.17) is 16.3 Å². The molecule has 0 unspecified atom stereocenters. The van der Waals surface area contributed by atoms with Gasteiger partial charge in [-0.2, -0.15) is 0 Å². The van der Waals surface area contributed by atoms with E-state index >= 15 is 0 Å². The number of nitrogens with one attached hydrogen (secondary N) is 2. The number of amides is 1. The predicted octanol–water partition coefficient (Wildman–Crippen LogP) is 3.70. The Morgan fingerprint density at radius 1 is 1.28 bits per heavy atom. The molecule has 0 aromatic heterocycles. The molecule has 25 heavy (non-hydrogen) atoms. The first kappa shape index (κ1) is 18.6. The fraction of sp³-hybridized carbons (Fsp3) is 0.188. The molecule has 1 amide bonds. The molecule has 0 heterocycles. The summed E-state index contributed by atoms with van der Waals surface area (Å²) in [7, 11) is 1.52. The number of rotatable bonds is 7. The average Bonchev–Trinajstić information content (AvgIpc) is 2.57. The highest BCUT2D eigenvalue weighted by Crippen LogP contribution is 2.27. The van der Waals surface area contributed by atoms with Crippen molar-refractivity contribution in [1.29, 1.82) is 0 Å². The van der Waals surface area contributed by atoms with E-state index in [0.717, 1.165) is 18.2 Å². The number of hydrogen-bond acceptors (Lipinski definition) is 5. The van der Waals surface area contributed by atoms with Crippen LogP contribution in [0.1, 0.15) is 10.4 Å². The first-order valence-corrected chi connectivity index (χ1v) is 7.58. The zero-order valence-corrected chi connectivity index (χ0v) is 14.0. The maximum absolute atomic E-state index is 13.0. The van der Waals surface area contributed by atoms with Crippen molar-refractivity contribution in [3.63, 3.8) is 0 Å². The van der Waals surface area contributed by atoms with Gasteiger partial charge in [-0.05, 0) is 30.3 Å². The third kappa shape index (κ3) is 4.88. The number of nitro benzene ring substituents is 1. The quantitative estimate of drug-likeness (QED) is 0.442. The number of nitrogens with zero attached hydrogens (tertiary/aromatic N) is 1. The highest BCUT2D eigenvalue weighted by atomic mass is 35.5. The number of halogens is 2. The van der Waals surface area contributed by atoms with Crippen molar-refractivity contribution in [2.24, 2.45) is 0 Å². The summed E-state index contributed by atoms with van der Waals surface area (Å²) in [5.74, 6) is -1.13. The average molecular weight is 368 g/mol. The van der Waals surface area contributed by atoms with Crippen molar-refractivity contribution in [2.75, 3.05) is 30.9 Å². The zero-order valence-electron chi connectivity index (χ0n) is 13.2. The predicted molar refractivity (Wildman–Crippen MR) is 92.8 cm³/mol. The van der Waals surface area contributed by atoms with Gasteiger partial charge in [0.05, 0.1) is 22.2 Å². The van der Waals surface area contributed by atoms with Crippen LogP contribution in [0.5, 0.6) is 0 Å². The Morgan fingerprint density at radius 2 is 2.00 bits per heavy atom. The molecule has 2 aromatic carbocycles. The number of carbonyl (C=O) groups is 1. The standard InChI is InChI=1S/C16H15ClFN3O4/c1-25-7-6-19-14-4-2-10(8-15(14)21(23)24)16(22)20-13-5-3-11(18)9-12(13)17/h2-5,8-9,19H,6-7H2,1H3,(H,20,22). The van der Waals surface area contributed by atoms with Crippen molar-refractivity contribution < 1.29 is 18.8 Å². The Bertz CT molecular complexity index is 801. The molecular formula is C16H15ClFN3O4. The van der Waals surface area contributed by atoms with Crippen LogP contribution in [-0.4, -0.2) is 31.1 Å². The third-order valence-electron chi connectivity index (χ3n) is 3.26. The first-order valence-electron chi connectivity index (χ1n) is 7.20. The number of nitro groups is 1. The number of carbonyl (C=O) groups excluding carboxylic acids is 1. The lowest BCUT2D eigenvalue weighted by atomic mass is 10.1. The minimum Gasteiger partial charge on any atom is -0.383 e. The lowest BCUT2D eigenvalue weighted by Gasteiger charge is -2.10. The summed E-state index contributed by atoms with van der Waals surface area (Å²) in [6.45, 7) is 0.760. The summed E-state index contributed by atoms with van der Waals surface area (Å²) in [5, 5.41) is 16.6. The van der Waals surface area contributed by atoms with Crippen LogP contribution < -0.4 is 10.6 Å². The summed E-state index contributed by atoms with van der Waals surface area (Å²) in [4.78, 5) is 22.9. The van der Waals surface area contributed by atoms with Gasteiger partial charge in [-0.15, -0.1) is 0 Å². The second kappa shape index (κ2) is 8.41. The summed E-state index contributed by atoms with van der Waals surface area (Å²) in [6.07, 6.45) is 0. The summed E-state index contributed by atoms with van der Waals surface area (Å²) in [5.41, 5.74) is 0.315. The molecule has 0 saturated heterocycles. The van der Waals surface area contributed by atoms with E-state index < -0.39 is 16.6 Å². The minimum absolute atomic E-state index is 0.0284. The van der Waals surface area contributed by atoms with Gasteiger partial charge >= 0.3 is 0 Å². The van der Waals surface area contributed by atoms with E-state index in [1.807, 2.05) is 0 Å². The lowest BCUT2D eigenvalue weighted by molar-refractivity contribution is -0.384. The van der Waals surface area contributed by atoms with Gasteiger partial charge in [0.1, 0.15) is 11.5 Å². The molecule has 0 atom stereocenters. The number of methoxy groups -OCH3 is 1. The summed E-state index contributed by atoms with van der Waals surface area (Å²) < 4.78 is 17.9. The monoisotopic (exact) mass is 367 g/mol. The number of anilines is 2. The molecule has 0 aliphatic carbocycles. The molecule has 132 valence electrons. The van der Waals surface area contributed by atoms with Gasteiger partial charge in [-0.3, -0.25) is 14.9 Å². The SMILES string of the molecule is COCCNc1ccc(C(=O)Nc2ccc(F)cc2Cl)cc1[N+](=O)[O-]. The first-order chi connectivity index (χ1) is 11.9. The molecule has 0 saturated carbocycles. The summed E-state index contributed by atoms with van der Waals surface area (Å²) >= 11 is 5.85. The largest absolute Gasteiger partial charge is 0.383 e. The smallest absolute Gasteiger partial charge is 0.293 e.